The molecule has 0 radical (unpaired) electrons. The average molecular weight is 268 g/mol. The quantitative estimate of drug-likeness (QED) is 0.734. The summed E-state index contributed by atoms with van der Waals surface area (Å²) in [6.45, 7) is 2.01. The molecule has 1 aromatic heterocycles. The Morgan fingerprint density at radius 3 is 2.63 bits per heavy atom. The minimum atomic E-state index is -4.27. The summed E-state index contributed by atoms with van der Waals surface area (Å²) in [5, 5.41) is 8.81. The van der Waals surface area contributed by atoms with Crippen LogP contribution in [0.2, 0.25) is 0 Å². The highest BCUT2D eigenvalue weighted by Crippen LogP contribution is 2.30. The second kappa shape index (κ2) is 4.88. The molecule has 0 spiro atoms. The number of halogens is 3. The molecule has 0 aliphatic carbocycles. The first-order valence-electron chi connectivity index (χ1n) is 5.67. The highest BCUT2D eigenvalue weighted by Gasteiger charge is 2.35. The molecule has 19 heavy (non-hydrogen) atoms. The van der Waals surface area contributed by atoms with Crippen molar-refractivity contribution < 1.29 is 13.2 Å². The second-order valence-electron chi connectivity index (χ2n) is 4.23. The van der Waals surface area contributed by atoms with Gasteiger partial charge in [0.25, 0.3) is 0 Å². The van der Waals surface area contributed by atoms with E-state index in [1.165, 1.54) is 6.07 Å². The average Bonchev–Trinajstić information content (AvgIpc) is 2.37. The van der Waals surface area contributed by atoms with Crippen molar-refractivity contribution in [3.05, 3.63) is 29.1 Å². The lowest BCUT2D eigenvalue weighted by Gasteiger charge is -2.27. The van der Waals surface area contributed by atoms with Crippen molar-refractivity contribution >= 4 is 5.95 Å². The number of aromatic nitrogens is 2. The van der Waals surface area contributed by atoms with Gasteiger partial charge in [-0.25, -0.2) is 9.97 Å². The first kappa shape index (κ1) is 13.3. The number of anilines is 1. The molecule has 100 valence electrons. The van der Waals surface area contributed by atoms with Crippen LogP contribution in [0, 0.1) is 18.3 Å². The zero-order valence-electron chi connectivity index (χ0n) is 10.2. The summed E-state index contributed by atoms with van der Waals surface area (Å²) in [5.41, 5.74) is 0.317. The lowest BCUT2D eigenvalue weighted by atomic mass is 10.1. The molecule has 0 aromatic carbocycles. The van der Waals surface area contributed by atoms with Gasteiger partial charge in [0.1, 0.15) is 11.8 Å². The normalized spacial score (nSPS) is 15.9. The Balaban J connectivity index is 2.21. The highest BCUT2D eigenvalue weighted by atomic mass is 19.4. The predicted molar refractivity (Wildman–Crippen MR) is 62.5 cm³/mol. The minimum Gasteiger partial charge on any atom is -0.337 e. The van der Waals surface area contributed by atoms with E-state index in [1.807, 2.05) is 6.07 Å². The van der Waals surface area contributed by atoms with E-state index in [-0.39, 0.29) is 25.2 Å². The zero-order valence-corrected chi connectivity index (χ0v) is 10.2. The zero-order chi connectivity index (χ0) is 14.0. The van der Waals surface area contributed by atoms with E-state index in [9.17, 15) is 13.2 Å². The molecule has 0 saturated heterocycles. The molecular formula is C12H11F3N4. The third-order valence-electron chi connectivity index (χ3n) is 2.81. The van der Waals surface area contributed by atoms with E-state index in [0.717, 1.165) is 6.08 Å². The van der Waals surface area contributed by atoms with Crippen LogP contribution in [0.1, 0.15) is 17.8 Å². The molecule has 1 aromatic rings. The number of nitrogens with zero attached hydrogens (tertiary/aromatic N) is 4. The Kier molecular flexibility index (Phi) is 3.42. The molecule has 7 heteroatoms. The van der Waals surface area contributed by atoms with Crippen LogP contribution in [0.4, 0.5) is 19.1 Å². The second-order valence-corrected chi connectivity index (χ2v) is 4.23. The Bertz CT molecular complexity index is 557. The lowest BCUT2D eigenvalue weighted by Crippen LogP contribution is -2.33. The van der Waals surface area contributed by atoms with Gasteiger partial charge in [0.05, 0.1) is 0 Å². The Morgan fingerprint density at radius 1 is 1.37 bits per heavy atom. The molecule has 0 unspecified atom stereocenters. The van der Waals surface area contributed by atoms with Crippen LogP contribution in [0.5, 0.6) is 0 Å². The maximum absolute atomic E-state index is 12.5. The summed E-state index contributed by atoms with van der Waals surface area (Å²) in [6, 6.07) is 3.44. The van der Waals surface area contributed by atoms with Crippen molar-refractivity contribution in [1.29, 1.82) is 5.26 Å². The van der Waals surface area contributed by atoms with Gasteiger partial charge < -0.3 is 4.90 Å². The van der Waals surface area contributed by atoms with Gasteiger partial charge in [0, 0.05) is 24.4 Å². The van der Waals surface area contributed by atoms with Gasteiger partial charge in [-0.3, -0.25) is 0 Å². The number of rotatable bonds is 1. The first-order chi connectivity index (χ1) is 8.90. The highest BCUT2D eigenvalue weighted by molar-refractivity contribution is 5.39. The van der Waals surface area contributed by atoms with Crippen LogP contribution < -0.4 is 4.90 Å². The van der Waals surface area contributed by atoms with E-state index in [2.05, 4.69) is 9.97 Å². The molecule has 0 bridgehead atoms. The molecule has 4 nitrogen and oxygen atoms in total. The van der Waals surface area contributed by atoms with Crippen molar-refractivity contribution in [1.82, 2.24) is 9.97 Å². The van der Waals surface area contributed by atoms with Gasteiger partial charge >= 0.3 is 6.18 Å². The minimum absolute atomic E-state index is 0.0946. The molecule has 0 atom stereocenters. The number of hydrogen-bond acceptors (Lipinski definition) is 4. The molecule has 1 aliphatic heterocycles. The van der Waals surface area contributed by atoms with Crippen LogP contribution in [0.15, 0.2) is 17.7 Å². The molecule has 0 N–H and O–H groups in total. The van der Waals surface area contributed by atoms with Gasteiger partial charge in [0.15, 0.2) is 0 Å². The summed E-state index contributed by atoms with van der Waals surface area (Å²) in [5.74, 6) is 0.300. The van der Waals surface area contributed by atoms with E-state index < -0.39 is 11.7 Å². The molecule has 0 fully saturated rings. The van der Waals surface area contributed by atoms with Gasteiger partial charge in [-0.05, 0) is 19.4 Å². The first-order valence-corrected chi connectivity index (χ1v) is 5.67. The van der Waals surface area contributed by atoms with Crippen LogP contribution >= 0.6 is 0 Å². The molecule has 0 amide bonds. The number of alkyl halides is 3. The number of nitriles is 1. The Hall–Kier alpha value is -2.10. The van der Waals surface area contributed by atoms with Gasteiger partial charge in [-0.1, -0.05) is 6.08 Å². The number of aryl methyl sites for hydroxylation is 1. The predicted octanol–water partition coefficient (Wildman–Crippen LogP) is 2.36. The van der Waals surface area contributed by atoms with Crippen LogP contribution in [-0.2, 0) is 0 Å². The molecule has 2 rings (SSSR count). The third kappa shape index (κ3) is 3.02. The van der Waals surface area contributed by atoms with Crippen LogP contribution in [0.25, 0.3) is 0 Å². The third-order valence-corrected chi connectivity index (χ3v) is 2.81. The standard InChI is InChI=1S/C12H11F3N4/c1-8-6-10(7-16)18-11(17-8)19-4-2-9(3-5-19)12(13,14)15/h2,6H,3-5H2,1H3. The maximum Gasteiger partial charge on any atom is 0.412 e. The van der Waals surface area contributed by atoms with Gasteiger partial charge in [0.2, 0.25) is 5.95 Å². The van der Waals surface area contributed by atoms with Crippen molar-refractivity contribution in [2.45, 2.75) is 19.5 Å². The summed E-state index contributed by atoms with van der Waals surface area (Å²) in [6.07, 6.45) is -3.22. The summed E-state index contributed by atoms with van der Waals surface area (Å²) in [7, 11) is 0. The smallest absolute Gasteiger partial charge is 0.337 e. The van der Waals surface area contributed by atoms with Gasteiger partial charge in [-0.15, -0.1) is 0 Å². The summed E-state index contributed by atoms with van der Waals surface area (Å²) in [4.78, 5) is 9.78. The fourth-order valence-electron chi connectivity index (χ4n) is 1.86. The molecule has 1 aliphatic rings. The fourth-order valence-corrected chi connectivity index (χ4v) is 1.86. The van der Waals surface area contributed by atoms with E-state index in [0.29, 0.717) is 11.6 Å². The largest absolute Gasteiger partial charge is 0.412 e. The molecular weight excluding hydrogens is 257 g/mol. The summed E-state index contributed by atoms with van der Waals surface area (Å²) >= 11 is 0. The van der Waals surface area contributed by atoms with Crippen molar-refractivity contribution in [2.75, 3.05) is 18.0 Å². The Morgan fingerprint density at radius 2 is 2.11 bits per heavy atom. The van der Waals surface area contributed by atoms with Crippen LogP contribution in [0.3, 0.4) is 0 Å². The van der Waals surface area contributed by atoms with Crippen LogP contribution in [-0.4, -0.2) is 29.2 Å². The SMILES string of the molecule is Cc1cc(C#N)nc(N2CC=C(C(F)(F)F)CC2)n1. The van der Waals surface area contributed by atoms with Crippen molar-refractivity contribution in [3.63, 3.8) is 0 Å². The maximum atomic E-state index is 12.5. The topological polar surface area (TPSA) is 52.8 Å². The lowest BCUT2D eigenvalue weighted by molar-refractivity contribution is -0.0944. The van der Waals surface area contributed by atoms with E-state index >= 15 is 0 Å². The number of hydrogen-bond donors (Lipinski definition) is 0. The molecule has 0 saturated carbocycles. The molecule has 2 heterocycles. The van der Waals surface area contributed by atoms with E-state index in [1.54, 1.807) is 11.8 Å². The van der Waals surface area contributed by atoms with E-state index in [4.69, 9.17) is 5.26 Å². The fraction of sp³-hybridized carbons (Fsp3) is 0.417. The Labute approximate surface area is 108 Å². The summed E-state index contributed by atoms with van der Waals surface area (Å²) < 4.78 is 37.5. The monoisotopic (exact) mass is 268 g/mol. The van der Waals surface area contributed by atoms with Crippen molar-refractivity contribution in [2.24, 2.45) is 0 Å². The van der Waals surface area contributed by atoms with Crippen molar-refractivity contribution in [3.8, 4) is 6.07 Å². The van der Waals surface area contributed by atoms with Gasteiger partial charge in [-0.2, -0.15) is 18.4 Å².